The monoisotopic (exact) mass is 435 g/mol. The number of piperidine rings is 1. The molecule has 1 aliphatic rings. The molecule has 1 atom stereocenters. The minimum absolute atomic E-state index is 0.107. The summed E-state index contributed by atoms with van der Waals surface area (Å²) in [6.45, 7) is 5.65. The van der Waals surface area contributed by atoms with Crippen LogP contribution in [0.1, 0.15) is 46.5 Å². The van der Waals surface area contributed by atoms with Crippen molar-refractivity contribution in [3.63, 3.8) is 0 Å². The SMILES string of the molecule is CC(CNC(=O)c1cncs1)Oc1ccc(CN2CCC(c3ccccc3)CC2)cc1. The number of carbonyl (C=O) groups is 1. The van der Waals surface area contributed by atoms with Gasteiger partial charge in [0.15, 0.2) is 0 Å². The van der Waals surface area contributed by atoms with Gasteiger partial charge in [0.2, 0.25) is 0 Å². The van der Waals surface area contributed by atoms with Gasteiger partial charge in [0, 0.05) is 6.54 Å². The molecule has 3 aromatic rings. The highest BCUT2D eigenvalue weighted by Crippen LogP contribution is 2.28. The number of likely N-dealkylation sites (tertiary alicyclic amines) is 1. The van der Waals surface area contributed by atoms with E-state index in [9.17, 15) is 4.79 Å². The summed E-state index contributed by atoms with van der Waals surface area (Å²) in [6, 6.07) is 19.2. The van der Waals surface area contributed by atoms with E-state index in [0.717, 1.165) is 25.4 Å². The maximum absolute atomic E-state index is 12.0. The minimum atomic E-state index is -0.111. The highest BCUT2D eigenvalue weighted by Gasteiger charge is 2.20. The lowest BCUT2D eigenvalue weighted by Gasteiger charge is -2.32. The van der Waals surface area contributed by atoms with Gasteiger partial charge in [-0.2, -0.15) is 0 Å². The van der Waals surface area contributed by atoms with Crippen molar-refractivity contribution in [3.8, 4) is 5.75 Å². The summed E-state index contributed by atoms with van der Waals surface area (Å²) in [4.78, 5) is 19.1. The van der Waals surface area contributed by atoms with E-state index in [1.54, 1.807) is 11.7 Å². The highest BCUT2D eigenvalue weighted by molar-refractivity contribution is 7.11. The summed E-state index contributed by atoms with van der Waals surface area (Å²) in [7, 11) is 0. The average molecular weight is 436 g/mol. The Hall–Kier alpha value is -2.70. The zero-order valence-electron chi connectivity index (χ0n) is 17.9. The Bertz CT molecular complexity index is 937. The number of nitrogens with zero attached hydrogens (tertiary/aromatic N) is 2. The molecule has 1 amide bonds. The smallest absolute Gasteiger partial charge is 0.263 e. The van der Waals surface area contributed by atoms with Crippen LogP contribution in [0.2, 0.25) is 0 Å². The third-order valence-electron chi connectivity index (χ3n) is 5.73. The summed E-state index contributed by atoms with van der Waals surface area (Å²) in [5, 5.41) is 2.89. The van der Waals surface area contributed by atoms with E-state index in [1.807, 2.05) is 19.1 Å². The zero-order valence-corrected chi connectivity index (χ0v) is 18.7. The van der Waals surface area contributed by atoms with E-state index in [4.69, 9.17) is 4.74 Å². The van der Waals surface area contributed by atoms with Gasteiger partial charge >= 0.3 is 0 Å². The molecule has 1 fully saturated rings. The van der Waals surface area contributed by atoms with Crippen molar-refractivity contribution in [1.82, 2.24) is 15.2 Å². The van der Waals surface area contributed by atoms with Crippen molar-refractivity contribution in [2.45, 2.75) is 38.3 Å². The standard InChI is InChI=1S/C25H29N3O2S/c1-19(15-27-25(29)24-16-26-18-31-24)30-23-9-7-20(8-10-23)17-28-13-11-22(12-14-28)21-5-3-2-4-6-21/h2-10,16,18-19,22H,11-15,17H2,1H3,(H,27,29). The van der Waals surface area contributed by atoms with E-state index in [2.05, 4.69) is 57.7 Å². The molecule has 2 aromatic carbocycles. The quantitative estimate of drug-likeness (QED) is 0.556. The first kappa shape index (κ1) is 21.5. The van der Waals surface area contributed by atoms with E-state index >= 15 is 0 Å². The van der Waals surface area contributed by atoms with E-state index in [1.165, 1.54) is 35.3 Å². The maximum Gasteiger partial charge on any atom is 0.263 e. The lowest BCUT2D eigenvalue weighted by atomic mass is 9.89. The third kappa shape index (κ3) is 6.15. The first-order chi connectivity index (χ1) is 15.2. The molecule has 2 heterocycles. The van der Waals surface area contributed by atoms with Crippen LogP contribution in [0, 0.1) is 0 Å². The molecule has 0 bridgehead atoms. The number of amides is 1. The number of carbonyl (C=O) groups excluding carboxylic acids is 1. The number of benzene rings is 2. The van der Waals surface area contributed by atoms with Crippen LogP contribution in [0.3, 0.4) is 0 Å². The van der Waals surface area contributed by atoms with Gasteiger partial charge in [0.1, 0.15) is 16.7 Å². The van der Waals surface area contributed by atoms with Crippen LogP contribution in [-0.4, -0.2) is 41.5 Å². The first-order valence-corrected chi connectivity index (χ1v) is 11.7. The summed E-state index contributed by atoms with van der Waals surface area (Å²) < 4.78 is 5.95. The van der Waals surface area contributed by atoms with Crippen molar-refractivity contribution in [2.24, 2.45) is 0 Å². The fourth-order valence-electron chi connectivity index (χ4n) is 4.01. The van der Waals surface area contributed by atoms with E-state index in [0.29, 0.717) is 17.3 Å². The summed E-state index contributed by atoms with van der Waals surface area (Å²) in [5.74, 6) is 1.40. The molecule has 1 saturated heterocycles. The first-order valence-electron chi connectivity index (χ1n) is 10.9. The second-order valence-electron chi connectivity index (χ2n) is 8.11. The van der Waals surface area contributed by atoms with Crippen molar-refractivity contribution in [3.05, 3.63) is 82.3 Å². The molecule has 1 aromatic heterocycles. The maximum atomic E-state index is 12.0. The number of thiazole rings is 1. The lowest BCUT2D eigenvalue weighted by Crippen LogP contribution is -2.33. The van der Waals surface area contributed by atoms with Gasteiger partial charge in [-0.25, -0.2) is 0 Å². The largest absolute Gasteiger partial charge is 0.489 e. The molecule has 1 N–H and O–H groups in total. The molecule has 0 spiro atoms. The van der Waals surface area contributed by atoms with Crippen molar-refractivity contribution >= 4 is 17.2 Å². The van der Waals surface area contributed by atoms with Gasteiger partial charge in [-0.3, -0.25) is 14.7 Å². The molecule has 4 rings (SSSR count). The summed E-state index contributed by atoms with van der Waals surface area (Å²) >= 11 is 1.33. The second-order valence-corrected chi connectivity index (χ2v) is 9.00. The molecule has 31 heavy (non-hydrogen) atoms. The van der Waals surface area contributed by atoms with Crippen LogP contribution < -0.4 is 10.1 Å². The third-order valence-corrected chi connectivity index (χ3v) is 6.50. The molecule has 1 aliphatic heterocycles. The molecule has 0 radical (unpaired) electrons. The van der Waals surface area contributed by atoms with Gasteiger partial charge < -0.3 is 10.1 Å². The molecule has 0 aliphatic carbocycles. The predicted molar refractivity (Wildman–Crippen MR) is 125 cm³/mol. The fourth-order valence-corrected chi connectivity index (χ4v) is 4.54. The van der Waals surface area contributed by atoms with Crippen LogP contribution in [-0.2, 0) is 6.54 Å². The molecule has 1 unspecified atom stereocenters. The van der Waals surface area contributed by atoms with Crippen LogP contribution in [0.5, 0.6) is 5.75 Å². The van der Waals surface area contributed by atoms with Crippen LogP contribution in [0.15, 0.2) is 66.3 Å². The number of aromatic nitrogens is 1. The topological polar surface area (TPSA) is 54.5 Å². The lowest BCUT2D eigenvalue weighted by molar-refractivity contribution is 0.0936. The Kier molecular flexibility index (Phi) is 7.33. The zero-order chi connectivity index (χ0) is 21.5. The Morgan fingerprint density at radius 1 is 1.16 bits per heavy atom. The highest BCUT2D eigenvalue weighted by atomic mass is 32.1. The van der Waals surface area contributed by atoms with Gasteiger partial charge in [-0.15, -0.1) is 11.3 Å². The Balaban J connectivity index is 1.20. The second kappa shape index (κ2) is 10.6. The van der Waals surface area contributed by atoms with Crippen molar-refractivity contribution in [2.75, 3.05) is 19.6 Å². The van der Waals surface area contributed by atoms with Crippen LogP contribution >= 0.6 is 11.3 Å². The predicted octanol–water partition coefficient (Wildman–Crippen LogP) is 4.72. The Labute approximate surface area is 188 Å². The molecule has 6 heteroatoms. The van der Waals surface area contributed by atoms with Crippen LogP contribution in [0.4, 0.5) is 0 Å². The summed E-state index contributed by atoms with van der Waals surface area (Å²) in [6.07, 6.45) is 3.90. The van der Waals surface area contributed by atoms with Gasteiger partial charge in [0.05, 0.1) is 18.3 Å². The number of rotatable bonds is 8. The number of nitrogens with one attached hydrogen (secondary N) is 1. The molecule has 0 saturated carbocycles. The normalized spacial score (nSPS) is 16.0. The number of ether oxygens (including phenoxy) is 1. The molecular formula is C25H29N3O2S. The molecule has 5 nitrogen and oxygen atoms in total. The minimum Gasteiger partial charge on any atom is -0.489 e. The summed E-state index contributed by atoms with van der Waals surface area (Å²) in [5.41, 5.74) is 4.43. The van der Waals surface area contributed by atoms with Gasteiger partial charge in [-0.1, -0.05) is 42.5 Å². The average Bonchev–Trinajstić information content (AvgIpc) is 3.35. The number of hydrogen-bond acceptors (Lipinski definition) is 5. The fraction of sp³-hybridized carbons (Fsp3) is 0.360. The van der Waals surface area contributed by atoms with E-state index < -0.39 is 0 Å². The van der Waals surface area contributed by atoms with Gasteiger partial charge in [-0.05, 0) is 62.0 Å². The molecule has 162 valence electrons. The van der Waals surface area contributed by atoms with E-state index in [-0.39, 0.29) is 12.0 Å². The number of hydrogen-bond donors (Lipinski definition) is 1. The van der Waals surface area contributed by atoms with Crippen molar-refractivity contribution in [1.29, 1.82) is 0 Å². The van der Waals surface area contributed by atoms with Gasteiger partial charge in [0.25, 0.3) is 5.91 Å². The Morgan fingerprint density at radius 3 is 2.58 bits per heavy atom. The molecular weight excluding hydrogens is 406 g/mol. The van der Waals surface area contributed by atoms with Crippen molar-refractivity contribution < 1.29 is 9.53 Å². The van der Waals surface area contributed by atoms with Crippen LogP contribution in [0.25, 0.3) is 0 Å². The Morgan fingerprint density at radius 2 is 1.90 bits per heavy atom.